The van der Waals surface area contributed by atoms with Crippen LogP contribution in [0.2, 0.25) is 5.02 Å². The van der Waals surface area contributed by atoms with E-state index in [2.05, 4.69) is 5.32 Å². The van der Waals surface area contributed by atoms with Gasteiger partial charge in [-0.25, -0.2) is 8.42 Å². The van der Waals surface area contributed by atoms with E-state index in [1.807, 2.05) is 12.1 Å². The monoisotopic (exact) mass is 565 g/mol. The van der Waals surface area contributed by atoms with Gasteiger partial charge in [-0.2, -0.15) is 0 Å². The van der Waals surface area contributed by atoms with Crippen molar-refractivity contribution in [2.24, 2.45) is 0 Å². The van der Waals surface area contributed by atoms with E-state index in [0.29, 0.717) is 11.5 Å². The van der Waals surface area contributed by atoms with Crippen molar-refractivity contribution in [1.82, 2.24) is 10.2 Å². The van der Waals surface area contributed by atoms with Gasteiger partial charge in [-0.15, -0.1) is 0 Å². The van der Waals surface area contributed by atoms with E-state index in [4.69, 9.17) is 21.1 Å². The lowest BCUT2D eigenvalue weighted by Crippen LogP contribution is -2.52. The SMILES string of the molecule is COc1ccc(CN(C(=O)CN(c2ccc(OC)c(Cl)c2)S(C)(=O)=O)[C@@H](C)C(=O)NC2CCCCC2)cc1. The highest BCUT2D eigenvalue weighted by Crippen LogP contribution is 2.30. The summed E-state index contributed by atoms with van der Waals surface area (Å²) in [6.07, 6.45) is 6.10. The van der Waals surface area contributed by atoms with Crippen LogP contribution in [0, 0.1) is 0 Å². The van der Waals surface area contributed by atoms with Crippen LogP contribution < -0.4 is 19.1 Å². The van der Waals surface area contributed by atoms with Crippen LogP contribution in [-0.2, 0) is 26.2 Å². The Morgan fingerprint density at radius 2 is 1.71 bits per heavy atom. The number of nitrogens with one attached hydrogen (secondary N) is 1. The van der Waals surface area contributed by atoms with Crippen LogP contribution in [0.5, 0.6) is 11.5 Å². The molecule has 0 heterocycles. The molecule has 0 bridgehead atoms. The second-order valence-electron chi connectivity index (χ2n) is 9.48. The van der Waals surface area contributed by atoms with E-state index in [-0.39, 0.29) is 29.2 Å². The Kier molecular flexibility index (Phi) is 10.3. The van der Waals surface area contributed by atoms with Crippen LogP contribution >= 0.6 is 11.6 Å². The fourth-order valence-electron chi connectivity index (χ4n) is 4.50. The van der Waals surface area contributed by atoms with Gasteiger partial charge in [-0.3, -0.25) is 13.9 Å². The topological polar surface area (TPSA) is 105 Å². The van der Waals surface area contributed by atoms with Crippen molar-refractivity contribution in [2.45, 2.75) is 57.7 Å². The maximum Gasteiger partial charge on any atom is 0.244 e. The number of sulfonamides is 1. The molecule has 0 aromatic heterocycles. The number of rotatable bonds is 11. The fourth-order valence-corrected chi connectivity index (χ4v) is 5.60. The number of methoxy groups -OCH3 is 2. The van der Waals surface area contributed by atoms with Gasteiger partial charge in [0.2, 0.25) is 21.8 Å². The summed E-state index contributed by atoms with van der Waals surface area (Å²) < 4.78 is 36.8. The van der Waals surface area contributed by atoms with Crippen LogP contribution in [0.25, 0.3) is 0 Å². The lowest BCUT2D eigenvalue weighted by Gasteiger charge is -2.33. The number of carbonyl (C=O) groups excluding carboxylic acids is 2. The molecule has 2 amide bonds. The summed E-state index contributed by atoms with van der Waals surface area (Å²) in [4.78, 5) is 28.3. The number of halogens is 1. The van der Waals surface area contributed by atoms with Gasteiger partial charge < -0.3 is 19.7 Å². The molecule has 1 aliphatic carbocycles. The molecule has 1 fully saturated rings. The quantitative estimate of drug-likeness (QED) is 0.442. The number of amides is 2. The Labute approximate surface area is 230 Å². The molecular weight excluding hydrogens is 530 g/mol. The van der Waals surface area contributed by atoms with Crippen LogP contribution in [0.15, 0.2) is 42.5 Å². The third kappa shape index (κ3) is 7.77. The Balaban J connectivity index is 1.88. The number of benzene rings is 2. The van der Waals surface area contributed by atoms with E-state index in [9.17, 15) is 18.0 Å². The highest BCUT2D eigenvalue weighted by molar-refractivity contribution is 7.92. The number of carbonyl (C=O) groups is 2. The van der Waals surface area contributed by atoms with Crippen molar-refractivity contribution in [3.05, 3.63) is 53.1 Å². The molecular formula is C27H36ClN3O6S. The van der Waals surface area contributed by atoms with Crippen LogP contribution in [-0.4, -0.2) is 64.2 Å². The highest BCUT2D eigenvalue weighted by atomic mass is 35.5. The van der Waals surface area contributed by atoms with Gasteiger partial charge in [0.25, 0.3) is 0 Å². The van der Waals surface area contributed by atoms with Crippen molar-refractivity contribution in [3.8, 4) is 11.5 Å². The van der Waals surface area contributed by atoms with Gasteiger partial charge in [0, 0.05) is 12.6 Å². The largest absolute Gasteiger partial charge is 0.497 e. The predicted octanol–water partition coefficient (Wildman–Crippen LogP) is 3.99. The number of ether oxygens (including phenoxy) is 2. The zero-order valence-corrected chi connectivity index (χ0v) is 23.8. The van der Waals surface area contributed by atoms with Crippen LogP contribution in [0.3, 0.4) is 0 Å². The molecule has 9 nitrogen and oxygen atoms in total. The van der Waals surface area contributed by atoms with Gasteiger partial charge in [-0.1, -0.05) is 43.0 Å². The molecule has 0 saturated heterocycles. The lowest BCUT2D eigenvalue weighted by atomic mass is 9.95. The minimum atomic E-state index is -3.86. The lowest BCUT2D eigenvalue weighted by molar-refractivity contribution is -0.139. The predicted molar refractivity (Wildman–Crippen MR) is 148 cm³/mol. The summed E-state index contributed by atoms with van der Waals surface area (Å²) in [6.45, 7) is 1.27. The molecule has 1 N–H and O–H groups in total. The summed E-state index contributed by atoms with van der Waals surface area (Å²) in [6, 6.07) is 10.9. The standard InChI is InChI=1S/C27H36ClN3O6S/c1-19(27(33)29-21-8-6-5-7-9-21)30(17-20-10-13-23(36-2)14-11-20)26(32)18-31(38(4,34)35)22-12-15-25(37-3)24(28)16-22/h10-16,19,21H,5-9,17-18H2,1-4H3,(H,29,33)/t19-/m0/s1. The molecule has 2 aromatic carbocycles. The molecule has 1 atom stereocenters. The fraction of sp³-hybridized carbons (Fsp3) is 0.481. The number of hydrogen-bond acceptors (Lipinski definition) is 6. The third-order valence-electron chi connectivity index (χ3n) is 6.73. The molecule has 11 heteroatoms. The minimum Gasteiger partial charge on any atom is -0.497 e. The van der Waals surface area contributed by atoms with E-state index < -0.39 is 28.5 Å². The molecule has 0 unspecified atom stereocenters. The molecule has 0 radical (unpaired) electrons. The molecule has 208 valence electrons. The molecule has 1 saturated carbocycles. The first kappa shape index (κ1) is 29.6. The van der Waals surface area contributed by atoms with Gasteiger partial charge in [0.1, 0.15) is 24.1 Å². The van der Waals surface area contributed by atoms with Gasteiger partial charge in [0.05, 0.1) is 31.2 Å². The molecule has 3 rings (SSSR count). The maximum absolute atomic E-state index is 13.7. The summed E-state index contributed by atoms with van der Waals surface area (Å²) in [5.74, 6) is 0.250. The maximum atomic E-state index is 13.7. The Morgan fingerprint density at radius 1 is 1.05 bits per heavy atom. The summed E-state index contributed by atoms with van der Waals surface area (Å²) >= 11 is 6.23. The Hall–Kier alpha value is -2.98. The molecule has 2 aromatic rings. The van der Waals surface area contributed by atoms with Crippen molar-refractivity contribution < 1.29 is 27.5 Å². The zero-order valence-electron chi connectivity index (χ0n) is 22.3. The van der Waals surface area contributed by atoms with E-state index >= 15 is 0 Å². The average molecular weight is 566 g/mol. The molecule has 1 aliphatic rings. The Bertz CT molecular complexity index is 1220. The van der Waals surface area contributed by atoms with Gasteiger partial charge >= 0.3 is 0 Å². The van der Waals surface area contributed by atoms with Crippen molar-refractivity contribution in [3.63, 3.8) is 0 Å². The van der Waals surface area contributed by atoms with E-state index in [1.165, 1.54) is 30.2 Å². The van der Waals surface area contributed by atoms with Crippen molar-refractivity contribution in [2.75, 3.05) is 31.3 Å². The first-order chi connectivity index (χ1) is 18.0. The minimum absolute atomic E-state index is 0.0746. The molecule has 0 spiro atoms. The second kappa shape index (κ2) is 13.2. The first-order valence-electron chi connectivity index (χ1n) is 12.6. The van der Waals surface area contributed by atoms with Crippen LogP contribution in [0.1, 0.15) is 44.6 Å². The number of hydrogen-bond donors (Lipinski definition) is 1. The van der Waals surface area contributed by atoms with Gasteiger partial charge in [0.15, 0.2) is 0 Å². The van der Waals surface area contributed by atoms with Gasteiger partial charge in [-0.05, 0) is 55.7 Å². The third-order valence-corrected chi connectivity index (χ3v) is 8.17. The normalized spacial score (nSPS) is 14.9. The smallest absolute Gasteiger partial charge is 0.244 e. The molecule has 38 heavy (non-hydrogen) atoms. The Morgan fingerprint density at radius 3 is 2.26 bits per heavy atom. The second-order valence-corrected chi connectivity index (χ2v) is 11.8. The zero-order chi connectivity index (χ0) is 27.9. The number of nitrogens with zero attached hydrogens (tertiary/aromatic N) is 2. The first-order valence-corrected chi connectivity index (χ1v) is 14.8. The summed E-state index contributed by atoms with van der Waals surface area (Å²) in [5.41, 5.74) is 0.991. The van der Waals surface area contributed by atoms with Crippen molar-refractivity contribution in [1.29, 1.82) is 0 Å². The average Bonchev–Trinajstić information content (AvgIpc) is 2.90. The highest BCUT2D eigenvalue weighted by Gasteiger charge is 2.31. The number of anilines is 1. The molecule has 0 aliphatic heterocycles. The summed E-state index contributed by atoms with van der Waals surface area (Å²) in [7, 11) is -0.847. The van der Waals surface area contributed by atoms with E-state index in [1.54, 1.807) is 26.2 Å². The van der Waals surface area contributed by atoms with E-state index in [0.717, 1.165) is 48.2 Å². The van der Waals surface area contributed by atoms with Crippen LogP contribution in [0.4, 0.5) is 5.69 Å². The van der Waals surface area contributed by atoms with Crippen molar-refractivity contribution >= 4 is 39.1 Å². The summed E-state index contributed by atoms with van der Waals surface area (Å²) in [5, 5.41) is 3.29.